The summed E-state index contributed by atoms with van der Waals surface area (Å²) in [7, 11) is 0. The van der Waals surface area contributed by atoms with Crippen LogP contribution in [0.4, 0.5) is 5.82 Å². The minimum Gasteiger partial charge on any atom is -0.297 e. The van der Waals surface area contributed by atoms with Crippen molar-refractivity contribution in [2.75, 3.05) is 17.3 Å². The fourth-order valence-corrected chi connectivity index (χ4v) is 2.33. The van der Waals surface area contributed by atoms with Crippen molar-refractivity contribution in [2.45, 2.75) is 32.7 Å². The van der Waals surface area contributed by atoms with E-state index in [0.717, 1.165) is 5.82 Å². The molecule has 0 aliphatic carbocycles. The average Bonchev–Trinajstić information content (AvgIpc) is 2.81. The molecule has 0 aromatic carbocycles. The van der Waals surface area contributed by atoms with Crippen LogP contribution in [-0.2, 0) is 10.3 Å². The number of aromatic nitrogens is 2. The first-order valence-corrected chi connectivity index (χ1v) is 6.38. The number of anilines is 1. The van der Waals surface area contributed by atoms with E-state index in [1.807, 2.05) is 10.7 Å². The van der Waals surface area contributed by atoms with Gasteiger partial charge in [-0.05, 0) is 26.7 Å². The van der Waals surface area contributed by atoms with Crippen molar-refractivity contribution in [3.8, 4) is 0 Å². The SMILES string of the molecule is CC(C)(C)n1nccc1N1CC(CCl)CC1=O. The predicted octanol–water partition coefficient (Wildman–Crippen LogP) is 2.23. The standard InChI is InChI=1S/C12H18ClN3O/c1-12(2,3)16-10(4-5-14-16)15-8-9(7-13)6-11(15)17/h4-5,9H,6-8H2,1-3H3. The molecule has 1 aliphatic heterocycles. The summed E-state index contributed by atoms with van der Waals surface area (Å²) in [4.78, 5) is 13.7. The molecule has 0 saturated carbocycles. The lowest BCUT2D eigenvalue weighted by Gasteiger charge is -2.26. The number of nitrogens with zero attached hydrogens (tertiary/aromatic N) is 3. The summed E-state index contributed by atoms with van der Waals surface area (Å²) in [6.45, 7) is 6.92. The summed E-state index contributed by atoms with van der Waals surface area (Å²) >= 11 is 5.83. The quantitative estimate of drug-likeness (QED) is 0.760. The predicted molar refractivity (Wildman–Crippen MR) is 68.4 cm³/mol. The summed E-state index contributed by atoms with van der Waals surface area (Å²) in [5.74, 6) is 1.80. The second kappa shape index (κ2) is 4.33. The van der Waals surface area contributed by atoms with Crippen LogP contribution in [0.2, 0.25) is 0 Å². The van der Waals surface area contributed by atoms with Crippen molar-refractivity contribution in [3.63, 3.8) is 0 Å². The molecule has 17 heavy (non-hydrogen) atoms. The van der Waals surface area contributed by atoms with Crippen molar-refractivity contribution >= 4 is 23.3 Å². The number of hydrogen-bond donors (Lipinski definition) is 0. The fourth-order valence-electron chi connectivity index (χ4n) is 2.12. The van der Waals surface area contributed by atoms with Gasteiger partial charge in [-0.15, -0.1) is 11.6 Å². The maximum Gasteiger partial charge on any atom is 0.228 e. The number of rotatable bonds is 2. The lowest BCUT2D eigenvalue weighted by Crippen LogP contribution is -2.32. The molecule has 1 aliphatic rings. The van der Waals surface area contributed by atoms with E-state index in [0.29, 0.717) is 18.8 Å². The van der Waals surface area contributed by atoms with Gasteiger partial charge in [-0.1, -0.05) is 0 Å². The largest absolute Gasteiger partial charge is 0.297 e. The molecule has 1 amide bonds. The normalized spacial score (nSPS) is 21.3. The summed E-state index contributed by atoms with van der Waals surface area (Å²) in [6, 6.07) is 1.89. The fraction of sp³-hybridized carbons (Fsp3) is 0.667. The first-order chi connectivity index (χ1) is 7.93. The minimum atomic E-state index is -0.127. The molecule has 1 atom stereocenters. The molecule has 1 aromatic rings. The molecule has 5 heteroatoms. The Morgan fingerprint density at radius 1 is 1.53 bits per heavy atom. The van der Waals surface area contributed by atoms with Crippen LogP contribution in [0.25, 0.3) is 0 Å². The van der Waals surface area contributed by atoms with Crippen LogP contribution < -0.4 is 4.90 Å². The van der Waals surface area contributed by atoms with Gasteiger partial charge in [-0.25, -0.2) is 4.68 Å². The highest BCUT2D eigenvalue weighted by atomic mass is 35.5. The van der Waals surface area contributed by atoms with E-state index < -0.39 is 0 Å². The summed E-state index contributed by atoms with van der Waals surface area (Å²) in [6.07, 6.45) is 2.28. The highest BCUT2D eigenvalue weighted by molar-refractivity contribution is 6.18. The molecule has 1 aromatic heterocycles. The average molecular weight is 256 g/mol. The highest BCUT2D eigenvalue weighted by Crippen LogP contribution is 2.28. The van der Waals surface area contributed by atoms with E-state index in [1.54, 1.807) is 11.1 Å². The zero-order valence-corrected chi connectivity index (χ0v) is 11.2. The molecule has 94 valence electrons. The van der Waals surface area contributed by atoms with Gasteiger partial charge in [0.15, 0.2) is 0 Å². The van der Waals surface area contributed by atoms with Gasteiger partial charge in [0.25, 0.3) is 0 Å². The van der Waals surface area contributed by atoms with Gasteiger partial charge in [-0.2, -0.15) is 5.10 Å². The number of carbonyl (C=O) groups is 1. The third-order valence-electron chi connectivity index (χ3n) is 2.96. The van der Waals surface area contributed by atoms with E-state index >= 15 is 0 Å². The molecule has 0 N–H and O–H groups in total. The second-order valence-corrected chi connectivity index (χ2v) is 5.81. The van der Waals surface area contributed by atoms with Crippen LogP contribution in [0.5, 0.6) is 0 Å². The topological polar surface area (TPSA) is 38.1 Å². The lowest BCUT2D eigenvalue weighted by atomic mass is 10.1. The Balaban J connectivity index is 2.30. The molecular formula is C12H18ClN3O. The minimum absolute atomic E-state index is 0.127. The Morgan fingerprint density at radius 3 is 2.76 bits per heavy atom. The Morgan fingerprint density at radius 2 is 2.24 bits per heavy atom. The van der Waals surface area contributed by atoms with Crippen molar-refractivity contribution in [3.05, 3.63) is 12.3 Å². The van der Waals surface area contributed by atoms with Gasteiger partial charge >= 0.3 is 0 Å². The number of carbonyl (C=O) groups excluding carboxylic acids is 1. The van der Waals surface area contributed by atoms with Crippen molar-refractivity contribution in [1.82, 2.24) is 9.78 Å². The maximum atomic E-state index is 11.9. The number of halogens is 1. The smallest absolute Gasteiger partial charge is 0.228 e. The van der Waals surface area contributed by atoms with Gasteiger partial charge in [0.05, 0.1) is 11.7 Å². The molecule has 2 heterocycles. The van der Waals surface area contributed by atoms with Gasteiger partial charge < -0.3 is 0 Å². The Labute approximate surface area is 107 Å². The Bertz CT molecular complexity index is 422. The summed E-state index contributed by atoms with van der Waals surface area (Å²) in [5.41, 5.74) is -0.127. The molecule has 1 unspecified atom stereocenters. The van der Waals surface area contributed by atoms with Gasteiger partial charge in [0.1, 0.15) is 5.82 Å². The maximum absolute atomic E-state index is 11.9. The number of hydrogen-bond acceptors (Lipinski definition) is 2. The third kappa shape index (κ3) is 2.32. The van der Waals surface area contributed by atoms with Gasteiger partial charge in [0, 0.05) is 24.9 Å². The lowest BCUT2D eigenvalue weighted by molar-refractivity contribution is -0.117. The number of amides is 1. The van der Waals surface area contributed by atoms with E-state index in [9.17, 15) is 4.79 Å². The van der Waals surface area contributed by atoms with Crippen molar-refractivity contribution in [2.24, 2.45) is 5.92 Å². The molecule has 0 spiro atoms. The van der Waals surface area contributed by atoms with Crippen LogP contribution in [-0.4, -0.2) is 28.1 Å². The van der Waals surface area contributed by atoms with E-state index in [1.165, 1.54) is 0 Å². The van der Waals surface area contributed by atoms with Crippen LogP contribution in [0, 0.1) is 5.92 Å². The van der Waals surface area contributed by atoms with Gasteiger partial charge in [0.2, 0.25) is 5.91 Å². The summed E-state index contributed by atoms with van der Waals surface area (Å²) < 4.78 is 1.89. The molecule has 1 fully saturated rings. The van der Waals surface area contributed by atoms with E-state index in [2.05, 4.69) is 25.9 Å². The molecule has 1 saturated heterocycles. The van der Waals surface area contributed by atoms with E-state index in [4.69, 9.17) is 11.6 Å². The first-order valence-electron chi connectivity index (χ1n) is 5.84. The number of alkyl halides is 1. The second-order valence-electron chi connectivity index (χ2n) is 5.50. The summed E-state index contributed by atoms with van der Waals surface area (Å²) in [5, 5.41) is 4.31. The van der Waals surface area contributed by atoms with Gasteiger partial charge in [-0.3, -0.25) is 9.69 Å². The molecule has 4 nitrogen and oxygen atoms in total. The molecular weight excluding hydrogens is 238 g/mol. The van der Waals surface area contributed by atoms with Crippen LogP contribution in [0.1, 0.15) is 27.2 Å². The molecule has 2 rings (SSSR count). The van der Waals surface area contributed by atoms with Crippen LogP contribution in [0.3, 0.4) is 0 Å². The first kappa shape index (κ1) is 12.4. The van der Waals surface area contributed by atoms with Crippen molar-refractivity contribution < 1.29 is 4.79 Å². The molecule has 0 bridgehead atoms. The monoisotopic (exact) mass is 255 g/mol. The van der Waals surface area contributed by atoms with E-state index in [-0.39, 0.29) is 17.4 Å². The zero-order chi connectivity index (χ0) is 12.6. The van der Waals surface area contributed by atoms with Crippen LogP contribution >= 0.6 is 11.6 Å². The highest BCUT2D eigenvalue weighted by Gasteiger charge is 2.33. The van der Waals surface area contributed by atoms with Crippen molar-refractivity contribution in [1.29, 1.82) is 0 Å². The Kier molecular flexibility index (Phi) is 3.17. The van der Waals surface area contributed by atoms with Crippen LogP contribution in [0.15, 0.2) is 12.3 Å². The third-order valence-corrected chi connectivity index (χ3v) is 3.39. The Hall–Kier alpha value is -1.03. The zero-order valence-electron chi connectivity index (χ0n) is 10.5. The molecule has 0 radical (unpaired) electrons.